The summed E-state index contributed by atoms with van der Waals surface area (Å²) in [5.74, 6) is -0.993. The summed E-state index contributed by atoms with van der Waals surface area (Å²) in [6, 6.07) is 20.5. The van der Waals surface area contributed by atoms with E-state index in [4.69, 9.17) is 0 Å². The molecule has 0 bridgehead atoms. The predicted molar refractivity (Wildman–Crippen MR) is 135 cm³/mol. The van der Waals surface area contributed by atoms with Gasteiger partial charge in [0.05, 0.1) is 6.54 Å². The molecule has 0 radical (unpaired) electrons. The van der Waals surface area contributed by atoms with Gasteiger partial charge in [-0.3, -0.25) is 19.5 Å². The normalized spacial score (nSPS) is 19.5. The van der Waals surface area contributed by atoms with Crippen molar-refractivity contribution in [1.82, 2.24) is 15.1 Å². The molecule has 0 saturated carbocycles. The Morgan fingerprint density at radius 2 is 1.77 bits per heavy atom. The standard InChI is InChI=1S/C26H24N4O4.ClH/c1-26(21-10-8-19(9-11-21)23-27-12-13-28-23)24(33)29(16-22(31)32)25(34)30(26)15-17-6-7-18-4-2-3-5-20(18)14-17;/h2-11,14H,12-13,15-16H2,1H3,(H,27,28)(H,31,32);1H/t26-;/m1./s1. The van der Waals surface area contributed by atoms with E-state index in [1.165, 1.54) is 4.90 Å². The average molecular weight is 493 g/mol. The van der Waals surface area contributed by atoms with Gasteiger partial charge in [-0.25, -0.2) is 4.79 Å². The fraction of sp³-hybridized carbons (Fsp3) is 0.231. The summed E-state index contributed by atoms with van der Waals surface area (Å²) < 4.78 is 0. The van der Waals surface area contributed by atoms with Crippen molar-refractivity contribution in [3.8, 4) is 0 Å². The van der Waals surface area contributed by atoms with Crippen LogP contribution in [0.3, 0.4) is 0 Å². The maximum Gasteiger partial charge on any atom is 0.328 e. The molecule has 1 fully saturated rings. The van der Waals surface area contributed by atoms with Crippen LogP contribution >= 0.6 is 12.4 Å². The molecule has 0 aromatic heterocycles. The summed E-state index contributed by atoms with van der Waals surface area (Å²) in [6.45, 7) is 2.66. The minimum absolute atomic E-state index is 0. The third-order valence-electron chi connectivity index (χ3n) is 6.51. The highest BCUT2D eigenvalue weighted by atomic mass is 35.5. The van der Waals surface area contributed by atoms with Crippen LogP contribution in [0.5, 0.6) is 0 Å². The van der Waals surface area contributed by atoms with Crippen LogP contribution in [-0.4, -0.2) is 58.3 Å². The number of urea groups is 1. The van der Waals surface area contributed by atoms with Gasteiger partial charge >= 0.3 is 12.0 Å². The van der Waals surface area contributed by atoms with Crippen molar-refractivity contribution < 1.29 is 19.5 Å². The number of aliphatic imine (C=N–C) groups is 1. The first kappa shape index (κ1) is 24.2. The lowest BCUT2D eigenvalue weighted by Crippen LogP contribution is -2.44. The third-order valence-corrected chi connectivity index (χ3v) is 6.51. The first-order chi connectivity index (χ1) is 16.4. The molecule has 180 valence electrons. The molecule has 35 heavy (non-hydrogen) atoms. The summed E-state index contributed by atoms with van der Waals surface area (Å²) in [5.41, 5.74) is 1.01. The number of carbonyl (C=O) groups excluding carboxylic acids is 2. The molecule has 2 N–H and O–H groups in total. The van der Waals surface area contributed by atoms with Crippen molar-refractivity contribution in [3.05, 3.63) is 83.4 Å². The number of rotatable bonds is 6. The average Bonchev–Trinajstić information content (AvgIpc) is 3.44. The lowest BCUT2D eigenvalue weighted by Gasteiger charge is -2.32. The number of hydrogen-bond acceptors (Lipinski definition) is 5. The topological polar surface area (TPSA) is 102 Å². The van der Waals surface area contributed by atoms with Gasteiger partial charge in [0.25, 0.3) is 5.91 Å². The van der Waals surface area contributed by atoms with E-state index in [0.717, 1.165) is 39.2 Å². The Hall–Kier alpha value is -3.91. The Kier molecular flexibility index (Phi) is 6.49. The van der Waals surface area contributed by atoms with E-state index in [-0.39, 0.29) is 19.0 Å². The lowest BCUT2D eigenvalue weighted by atomic mass is 9.89. The molecule has 0 unspecified atom stereocenters. The first-order valence-electron chi connectivity index (χ1n) is 11.1. The van der Waals surface area contributed by atoms with E-state index in [2.05, 4.69) is 10.3 Å². The number of amides is 3. The minimum atomic E-state index is -1.35. The molecule has 2 aliphatic rings. The number of nitrogens with zero attached hydrogens (tertiary/aromatic N) is 3. The highest BCUT2D eigenvalue weighted by Gasteiger charge is 2.55. The quantitative estimate of drug-likeness (QED) is 0.514. The Balaban J connectivity index is 0.00000289. The number of amidine groups is 1. The number of aliphatic carboxylic acids is 1. The maximum atomic E-state index is 13.5. The number of nitrogens with one attached hydrogen (secondary N) is 1. The van der Waals surface area contributed by atoms with Crippen molar-refractivity contribution in [3.63, 3.8) is 0 Å². The molecule has 3 amide bonds. The smallest absolute Gasteiger partial charge is 0.328 e. The Labute approximate surface area is 208 Å². The van der Waals surface area contributed by atoms with E-state index in [1.54, 1.807) is 19.1 Å². The molecule has 2 heterocycles. The summed E-state index contributed by atoms with van der Waals surface area (Å²) >= 11 is 0. The molecule has 0 spiro atoms. The zero-order valence-electron chi connectivity index (χ0n) is 19.1. The molecule has 9 heteroatoms. The largest absolute Gasteiger partial charge is 0.480 e. The van der Waals surface area contributed by atoms with Gasteiger partial charge in [-0.1, -0.05) is 60.7 Å². The number of carboxylic acids is 1. The van der Waals surface area contributed by atoms with E-state index < -0.39 is 30.0 Å². The van der Waals surface area contributed by atoms with Crippen LogP contribution in [0.25, 0.3) is 10.8 Å². The van der Waals surface area contributed by atoms with Crippen LogP contribution < -0.4 is 5.32 Å². The maximum absolute atomic E-state index is 13.5. The zero-order chi connectivity index (χ0) is 23.9. The van der Waals surface area contributed by atoms with Crippen LogP contribution in [0.15, 0.2) is 71.7 Å². The summed E-state index contributed by atoms with van der Waals surface area (Å²) in [4.78, 5) is 44.9. The van der Waals surface area contributed by atoms with Crippen LogP contribution in [0, 0.1) is 0 Å². The predicted octanol–water partition coefficient (Wildman–Crippen LogP) is 3.38. The lowest BCUT2D eigenvalue weighted by molar-refractivity contribution is -0.143. The second-order valence-electron chi connectivity index (χ2n) is 8.64. The number of carboxylic acid groups (broad SMARTS) is 1. The van der Waals surface area contributed by atoms with Gasteiger partial charge in [0.1, 0.15) is 17.9 Å². The van der Waals surface area contributed by atoms with Crippen LogP contribution in [0.4, 0.5) is 4.79 Å². The Morgan fingerprint density at radius 1 is 1.06 bits per heavy atom. The Morgan fingerprint density at radius 3 is 2.43 bits per heavy atom. The van der Waals surface area contributed by atoms with Crippen molar-refractivity contribution in [2.75, 3.05) is 19.6 Å². The summed E-state index contributed by atoms with van der Waals surface area (Å²) in [6.07, 6.45) is 0. The van der Waals surface area contributed by atoms with Crippen LogP contribution in [-0.2, 0) is 21.7 Å². The molecule has 2 aliphatic heterocycles. The fourth-order valence-electron chi connectivity index (χ4n) is 4.65. The van der Waals surface area contributed by atoms with Gasteiger partial charge in [0.2, 0.25) is 0 Å². The van der Waals surface area contributed by atoms with Crippen molar-refractivity contribution >= 4 is 46.9 Å². The van der Waals surface area contributed by atoms with E-state index in [9.17, 15) is 19.5 Å². The molecule has 5 rings (SSSR count). The van der Waals surface area contributed by atoms with Crippen LogP contribution in [0.1, 0.15) is 23.6 Å². The number of benzene rings is 3. The SMILES string of the molecule is C[C@@]1(c2ccc(C3=NCCN3)cc2)C(=O)N(CC(=O)O)C(=O)N1Cc1ccc2ccccc2c1.Cl. The summed E-state index contributed by atoms with van der Waals surface area (Å²) in [7, 11) is 0. The molecule has 3 aromatic rings. The molecule has 8 nitrogen and oxygen atoms in total. The second-order valence-corrected chi connectivity index (χ2v) is 8.64. The van der Waals surface area contributed by atoms with Crippen molar-refractivity contribution in [2.45, 2.75) is 19.0 Å². The van der Waals surface area contributed by atoms with Crippen LogP contribution in [0.2, 0.25) is 0 Å². The van der Waals surface area contributed by atoms with Gasteiger partial charge < -0.3 is 15.3 Å². The van der Waals surface area contributed by atoms with Crippen molar-refractivity contribution in [1.29, 1.82) is 0 Å². The van der Waals surface area contributed by atoms with Crippen molar-refractivity contribution in [2.24, 2.45) is 4.99 Å². The van der Waals surface area contributed by atoms with Gasteiger partial charge in [0, 0.05) is 18.7 Å². The monoisotopic (exact) mass is 492 g/mol. The molecular formula is C26H25ClN4O4. The Bertz CT molecular complexity index is 1340. The summed E-state index contributed by atoms with van der Waals surface area (Å²) in [5, 5.41) is 14.6. The zero-order valence-corrected chi connectivity index (χ0v) is 19.9. The second kappa shape index (κ2) is 9.38. The number of halogens is 1. The number of carbonyl (C=O) groups is 3. The van der Waals surface area contributed by atoms with E-state index in [1.807, 2.05) is 54.6 Å². The van der Waals surface area contributed by atoms with E-state index >= 15 is 0 Å². The number of hydrogen-bond donors (Lipinski definition) is 2. The number of imide groups is 1. The molecule has 0 aliphatic carbocycles. The fourth-order valence-corrected chi connectivity index (χ4v) is 4.65. The molecule has 1 atom stereocenters. The highest BCUT2D eigenvalue weighted by molar-refractivity contribution is 6.09. The minimum Gasteiger partial charge on any atom is -0.480 e. The van der Waals surface area contributed by atoms with Gasteiger partial charge in [-0.15, -0.1) is 12.4 Å². The third kappa shape index (κ3) is 4.21. The van der Waals surface area contributed by atoms with Gasteiger partial charge in [0.15, 0.2) is 0 Å². The molecule has 1 saturated heterocycles. The van der Waals surface area contributed by atoms with E-state index in [0.29, 0.717) is 12.1 Å². The first-order valence-corrected chi connectivity index (χ1v) is 11.1. The van der Waals surface area contributed by atoms with Gasteiger partial charge in [-0.05, 0) is 34.9 Å². The molecule has 3 aromatic carbocycles. The van der Waals surface area contributed by atoms with Gasteiger partial charge in [-0.2, -0.15) is 0 Å². The highest BCUT2D eigenvalue weighted by Crippen LogP contribution is 2.38. The number of fused-ring (bicyclic) bond motifs is 1. The molecular weight excluding hydrogens is 468 g/mol.